The summed E-state index contributed by atoms with van der Waals surface area (Å²) in [6, 6.07) is 5.15. The quantitative estimate of drug-likeness (QED) is 0.843. The molecule has 1 amide bonds. The van der Waals surface area contributed by atoms with E-state index in [1.165, 1.54) is 0 Å². The fraction of sp³-hybridized carbons (Fsp3) is 0.462. The topological polar surface area (TPSA) is 38.8 Å². The Bertz CT molecular complexity index is 471. The highest BCUT2D eigenvalue weighted by molar-refractivity contribution is 9.10. The second-order valence-electron chi connectivity index (χ2n) is 4.39. The number of amides is 1. The molecule has 1 fully saturated rings. The summed E-state index contributed by atoms with van der Waals surface area (Å²) in [5.74, 6) is -0.0426. The first-order chi connectivity index (χ1) is 9.06. The third-order valence-electron chi connectivity index (χ3n) is 3.27. The van der Waals surface area contributed by atoms with Crippen molar-refractivity contribution >= 4 is 33.4 Å². The van der Waals surface area contributed by atoms with Crippen LogP contribution in [0.2, 0.25) is 5.02 Å². The van der Waals surface area contributed by atoms with Gasteiger partial charge >= 0.3 is 0 Å². The van der Waals surface area contributed by atoms with Gasteiger partial charge in [0, 0.05) is 37.3 Å². The van der Waals surface area contributed by atoms with Gasteiger partial charge in [-0.05, 0) is 34.1 Å². The van der Waals surface area contributed by atoms with Gasteiger partial charge in [-0.25, -0.2) is 0 Å². The lowest BCUT2D eigenvalue weighted by molar-refractivity contribution is -0.00461. The van der Waals surface area contributed by atoms with Gasteiger partial charge in [-0.2, -0.15) is 0 Å². The standard InChI is InChI=1S/C13H15BrClNO3/c1-18-11-6-16(7-12(11)19-2)13(17)8-3-4-10(15)9(14)5-8/h3-5,11-12H,6-7H2,1-2H3. The van der Waals surface area contributed by atoms with E-state index in [4.69, 9.17) is 21.1 Å². The third-order valence-corrected chi connectivity index (χ3v) is 4.49. The van der Waals surface area contributed by atoms with E-state index in [0.29, 0.717) is 28.1 Å². The average molecular weight is 349 g/mol. The van der Waals surface area contributed by atoms with Gasteiger partial charge in [0.15, 0.2) is 0 Å². The van der Waals surface area contributed by atoms with E-state index in [2.05, 4.69) is 15.9 Å². The fourth-order valence-electron chi connectivity index (χ4n) is 2.17. The molecule has 1 heterocycles. The molecule has 6 heteroatoms. The summed E-state index contributed by atoms with van der Waals surface area (Å²) in [4.78, 5) is 14.1. The largest absolute Gasteiger partial charge is 0.377 e. The molecule has 0 bridgehead atoms. The Balaban J connectivity index is 2.14. The van der Waals surface area contributed by atoms with Crippen LogP contribution in [0.4, 0.5) is 0 Å². The summed E-state index contributed by atoms with van der Waals surface area (Å²) in [6.45, 7) is 1.07. The molecule has 0 N–H and O–H groups in total. The lowest BCUT2D eigenvalue weighted by Crippen LogP contribution is -2.30. The molecule has 1 aromatic carbocycles. The number of hydrogen-bond donors (Lipinski definition) is 0. The Labute approximate surface area is 125 Å². The van der Waals surface area contributed by atoms with Crippen molar-refractivity contribution in [1.82, 2.24) is 4.90 Å². The summed E-state index contributed by atoms with van der Waals surface area (Å²) >= 11 is 9.25. The van der Waals surface area contributed by atoms with Gasteiger partial charge in [0.25, 0.3) is 5.91 Å². The van der Waals surface area contributed by atoms with Crippen LogP contribution in [0.5, 0.6) is 0 Å². The minimum atomic E-state index is -0.0790. The summed E-state index contributed by atoms with van der Waals surface area (Å²) < 4.78 is 11.4. The van der Waals surface area contributed by atoms with Crippen molar-refractivity contribution in [3.8, 4) is 0 Å². The van der Waals surface area contributed by atoms with Crippen LogP contribution in [-0.4, -0.2) is 50.3 Å². The van der Waals surface area contributed by atoms with Gasteiger partial charge in [0.05, 0.1) is 5.02 Å². The van der Waals surface area contributed by atoms with Crippen LogP contribution in [0.3, 0.4) is 0 Å². The van der Waals surface area contributed by atoms with Crippen molar-refractivity contribution in [2.45, 2.75) is 12.2 Å². The highest BCUT2D eigenvalue weighted by atomic mass is 79.9. The van der Waals surface area contributed by atoms with Gasteiger partial charge in [0.2, 0.25) is 0 Å². The van der Waals surface area contributed by atoms with E-state index in [9.17, 15) is 4.79 Å². The van der Waals surface area contributed by atoms with Crippen LogP contribution in [0.1, 0.15) is 10.4 Å². The number of hydrogen-bond acceptors (Lipinski definition) is 3. The number of carbonyl (C=O) groups is 1. The molecule has 2 atom stereocenters. The van der Waals surface area contributed by atoms with Crippen molar-refractivity contribution in [3.63, 3.8) is 0 Å². The predicted molar refractivity (Wildman–Crippen MR) is 76.6 cm³/mol. The average Bonchev–Trinajstić information content (AvgIpc) is 2.84. The van der Waals surface area contributed by atoms with Crippen LogP contribution in [0.25, 0.3) is 0 Å². The minimum Gasteiger partial charge on any atom is -0.377 e. The minimum absolute atomic E-state index is 0.0426. The molecule has 1 aliphatic rings. The fourth-order valence-corrected chi connectivity index (χ4v) is 2.67. The molecular weight excluding hydrogens is 334 g/mol. The monoisotopic (exact) mass is 347 g/mol. The molecule has 0 aliphatic carbocycles. The number of halogens is 2. The van der Waals surface area contributed by atoms with Crippen LogP contribution in [-0.2, 0) is 9.47 Å². The predicted octanol–water partition coefficient (Wildman–Crippen LogP) is 2.59. The second-order valence-corrected chi connectivity index (χ2v) is 5.65. The Kier molecular flexibility index (Phi) is 4.84. The molecule has 2 rings (SSSR count). The summed E-state index contributed by atoms with van der Waals surface area (Å²) in [7, 11) is 3.26. The van der Waals surface area contributed by atoms with Crippen molar-refractivity contribution in [2.24, 2.45) is 0 Å². The van der Waals surface area contributed by atoms with Crippen LogP contribution in [0, 0.1) is 0 Å². The van der Waals surface area contributed by atoms with Crippen LogP contribution >= 0.6 is 27.5 Å². The highest BCUT2D eigenvalue weighted by Gasteiger charge is 2.35. The molecule has 19 heavy (non-hydrogen) atoms. The summed E-state index contributed by atoms with van der Waals surface area (Å²) in [5, 5.41) is 0.586. The summed E-state index contributed by atoms with van der Waals surface area (Å²) in [5.41, 5.74) is 0.600. The van der Waals surface area contributed by atoms with E-state index >= 15 is 0 Å². The maximum Gasteiger partial charge on any atom is 0.254 e. The Morgan fingerprint density at radius 3 is 2.37 bits per heavy atom. The number of carbonyl (C=O) groups excluding carboxylic acids is 1. The molecule has 2 unspecified atom stereocenters. The zero-order valence-corrected chi connectivity index (χ0v) is 13.1. The first-order valence-electron chi connectivity index (χ1n) is 5.86. The third kappa shape index (κ3) is 3.11. The van der Waals surface area contributed by atoms with E-state index in [0.717, 1.165) is 0 Å². The van der Waals surface area contributed by atoms with Gasteiger partial charge in [-0.3, -0.25) is 4.79 Å². The molecule has 0 spiro atoms. The molecular formula is C13H15BrClNO3. The zero-order chi connectivity index (χ0) is 14.0. The maximum absolute atomic E-state index is 12.4. The molecule has 1 aliphatic heterocycles. The number of benzene rings is 1. The highest BCUT2D eigenvalue weighted by Crippen LogP contribution is 2.25. The molecule has 104 valence electrons. The van der Waals surface area contributed by atoms with Crippen molar-refractivity contribution < 1.29 is 14.3 Å². The first kappa shape index (κ1) is 14.8. The first-order valence-corrected chi connectivity index (χ1v) is 7.03. The van der Waals surface area contributed by atoms with E-state index in [-0.39, 0.29) is 18.1 Å². The number of likely N-dealkylation sites (tertiary alicyclic amines) is 1. The van der Waals surface area contributed by atoms with E-state index < -0.39 is 0 Å². The number of nitrogens with zero attached hydrogens (tertiary/aromatic N) is 1. The Hall–Kier alpha value is -0.620. The lowest BCUT2D eigenvalue weighted by atomic mass is 10.2. The SMILES string of the molecule is COC1CN(C(=O)c2ccc(Cl)c(Br)c2)CC1OC. The van der Waals surface area contributed by atoms with Crippen molar-refractivity contribution in [3.05, 3.63) is 33.3 Å². The molecule has 0 saturated carbocycles. The Morgan fingerprint density at radius 1 is 1.32 bits per heavy atom. The van der Waals surface area contributed by atoms with Gasteiger partial charge in [0.1, 0.15) is 12.2 Å². The lowest BCUT2D eigenvalue weighted by Gasteiger charge is -2.16. The zero-order valence-electron chi connectivity index (χ0n) is 10.7. The molecule has 0 aromatic heterocycles. The number of rotatable bonds is 3. The van der Waals surface area contributed by atoms with E-state index in [1.807, 2.05) is 0 Å². The van der Waals surface area contributed by atoms with Gasteiger partial charge in [-0.15, -0.1) is 0 Å². The van der Waals surface area contributed by atoms with Gasteiger partial charge in [-0.1, -0.05) is 11.6 Å². The van der Waals surface area contributed by atoms with Gasteiger partial charge < -0.3 is 14.4 Å². The molecule has 4 nitrogen and oxygen atoms in total. The van der Waals surface area contributed by atoms with E-state index in [1.54, 1.807) is 37.3 Å². The summed E-state index contributed by atoms with van der Waals surface area (Å²) in [6.07, 6.45) is -0.158. The maximum atomic E-state index is 12.4. The van der Waals surface area contributed by atoms with Crippen LogP contribution in [0.15, 0.2) is 22.7 Å². The smallest absolute Gasteiger partial charge is 0.254 e. The Morgan fingerprint density at radius 2 is 1.89 bits per heavy atom. The second kappa shape index (κ2) is 6.22. The molecule has 0 radical (unpaired) electrons. The van der Waals surface area contributed by atoms with Crippen molar-refractivity contribution in [1.29, 1.82) is 0 Å². The molecule has 1 saturated heterocycles. The van der Waals surface area contributed by atoms with Crippen LogP contribution < -0.4 is 0 Å². The normalized spacial score (nSPS) is 22.8. The number of methoxy groups -OCH3 is 2. The van der Waals surface area contributed by atoms with Crippen molar-refractivity contribution in [2.75, 3.05) is 27.3 Å². The number of ether oxygens (including phenoxy) is 2. The molecule has 1 aromatic rings.